The molecule has 0 atom stereocenters. The van der Waals surface area contributed by atoms with Crippen molar-refractivity contribution in [3.63, 3.8) is 0 Å². The summed E-state index contributed by atoms with van der Waals surface area (Å²) in [5.74, 6) is 1.94. The standard InChI is InChI=1S/C13H23N3O/c1-10(2)5-6-13(17)15-12-7-8-14-16(12)9-11(3)4/h7-8,10-11H,5-6,9H2,1-4H3,(H,15,17). The van der Waals surface area contributed by atoms with E-state index in [1.165, 1.54) is 0 Å². The molecule has 0 unspecified atom stereocenters. The van der Waals surface area contributed by atoms with Crippen molar-refractivity contribution in [3.8, 4) is 0 Å². The zero-order valence-corrected chi connectivity index (χ0v) is 11.2. The molecule has 1 N–H and O–H groups in total. The van der Waals surface area contributed by atoms with Gasteiger partial charge in [0.2, 0.25) is 5.91 Å². The van der Waals surface area contributed by atoms with Crippen molar-refractivity contribution in [1.82, 2.24) is 9.78 Å². The highest BCUT2D eigenvalue weighted by Gasteiger charge is 2.08. The number of anilines is 1. The molecule has 0 aliphatic rings. The number of nitrogens with zero attached hydrogens (tertiary/aromatic N) is 2. The summed E-state index contributed by atoms with van der Waals surface area (Å²) in [7, 11) is 0. The van der Waals surface area contributed by atoms with E-state index in [4.69, 9.17) is 0 Å². The maximum atomic E-state index is 11.7. The maximum Gasteiger partial charge on any atom is 0.225 e. The van der Waals surface area contributed by atoms with E-state index in [2.05, 4.69) is 38.1 Å². The third-order valence-corrected chi connectivity index (χ3v) is 2.47. The highest BCUT2D eigenvalue weighted by Crippen LogP contribution is 2.11. The predicted molar refractivity (Wildman–Crippen MR) is 69.8 cm³/mol. The van der Waals surface area contributed by atoms with Crippen molar-refractivity contribution in [2.75, 3.05) is 5.32 Å². The Morgan fingerprint density at radius 2 is 2.06 bits per heavy atom. The van der Waals surface area contributed by atoms with E-state index < -0.39 is 0 Å². The molecule has 1 amide bonds. The first-order chi connectivity index (χ1) is 7.99. The van der Waals surface area contributed by atoms with Gasteiger partial charge in [-0.2, -0.15) is 5.10 Å². The zero-order chi connectivity index (χ0) is 12.8. The topological polar surface area (TPSA) is 46.9 Å². The third kappa shape index (κ3) is 5.02. The second-order valence-corrected chi connectivity index (χ2v) is 5.27. The Bertz CT molecular complexity index is 355. The minimum atomic E-state index is 0.0733. The van der Waals surface area contributed by atoms with Crippen molar-refractivity contribution in [3.05, 3.63) is 12.3 Å². The number of carbonyl (C=O) groups excluding carboxylic acids is 1. The number of aromatic nitrogens is 2. The lowest BCUT2D eigenvalue weighted by atomic mass is 10.1. The zero-order valence-electron chi connectivity index (χ0n) is 11.2. The lowest BCUT2D eigenvalue weighted by Crippen LogP contribution is -2.17. The molecule has 0 bridgehead atoms. The lowest BCUT2D eigenvalue weighted by Gasteiger charge is -2.11. The summed E-state index contributed by atoms with van der Waals surface area (Å²) in [4.78, 5) is 11.7. The number of hydrogen-bond acceptors (Lipinski definition) is 2. The molecule has 0 saturated heterocycles. The van der Waals surface area contributed by atoms with Crippen LogP contribution >= 0.6 is 0 Å². The fourth-order valence-electron chi connectivity index (χ4n) is 1.56. The van der Waals surface area contributed by atoms with E-state index in [9.17, 15) is 4.79 Å². The van der Waals surface area contributed by atoms with Gasteiger partial charge < -0.3 is 5.32 Å². The van der Waals surface area contributed by atoms with E-state index in [1.54, 1.807) is 6.20 Å². The van der Waals surface area contributed by atoms with E-state index >= 15 is 0 Å². The Labute approximate surface area is 103 Å². The summed E-state index contributed by atoms with van der Waals surface area (Å²) in [6, 6.07) is 1.84. The average Bonchev–Trinajstić information content (AvgIpc) is 2.62. The third-order valence-electron chi connectivity index (χ3n) is 2.47. The lowest BCUT2D eigenvalue weighted by molar-refractivity contribution is -0.116. The number of carbonyl (C=O) groups is 1. The molecule has 1 heterocycles. The molecular formula is C13H23N3O. The smallest absolute Gasteiger partial charge is 0.225 e. The van der Waals surface area contributed by atoms with Crippen LogP contribution in [-0.2, 0) is 11.3 Å². The summed E-state index contributed by atoms with van der Waals surface area (Å²) in [6.45, 7) is 9.33. The van der Waals surface area contributed by atoms with Crippen LogP contribution in [0.25, 0.3) is 0 Å². The molecule has 0 saturated carbocycles. The molecule has 0 fully saturated rings. The van der Waals surface area contributed by atoms with Gasteiger partial charge in [0.25, 0.3) is 0 Å². The average molecular weight is 237 g/mol. The summed E-state index contributed by atoms with van der Waals surface area (Å²) < 4.78 is 1.85. The first kappa shape index (κ1) is 13.7. The number of amides is 1. The van der Waals surface area contributed by atoms with Gasteiger partial charge in [-0.25, -0.2) is 4.68 Å². The fraction of sp³-hybridized carbons (Fsp3) is 0.692. The summed E-state index contributed by atoms with van der Waals surface area (Å²) in [6.07, 6.45) is 3.22. The van der Waals surface area contributed by atoms with Crippen LogP contribution in [0.3, 0.4) is 0 Å². The van der Waals surface area contributed by atoms with Crippen molar-refractivity contribution in [2.24, 2.45) is 11.8 Å². The molecule has 0 spiro atoms. The van der Waals surface area contributed by atoms with Gasteiger partial charge in [-0.1, -0.05) is 27.7 Å². The van der Waals surface area contributed by atoms with Crippen LogP contribution in [0, 0.1) is 11.8 Å². The number of nitrogens with one attached hydrogen (secondary N) is 1. The van der Waals surface area contributed by atoms with Gasteiger partial charge in [-0.15, -0.1) is 0 Å². The van der Waals surface area contributed by atoms with Gasteiger partial charge in [-0.05, 0) is 18.3 Å². The van der Waals surface area contributed by atoms with Crippen LogP contribution in [0.5, 0.6) is 0 Å². The Morgan fingerprint density at radius 1 is 1.35 bits per heavy atom. The van der Waals surface area contributed by atoms with Crippen LogP contribution in [-0.4, -0.2) is 15.7 Å². The van der Waals surface area contributed by atoms with Gasteiger partial charge >= 0.3 is 0 Å². The second-order valence-electron chi connectivity index (χ2n) is 5.27. The van der Waals surface area contributed by atoms with Crippen LogP contribution < -0.4 is 5.32 Å². The van der Waals surface area contributed by atoms with Crippen molar-refractivity contribution < 1.29 is 4.79 Å². The minimum Gasteiger partial charge on any atom is -0.311 e. The normalized spacial score (nSPS) is 11.2. The van der Waals surface area contributed by atoms with Crippen molar-refractivity contribution in [2.45, 2.75) is 47.1 Å². The number of rotatable bonds is 6. The molecule has 0 aliphatic heterocycles. The van der Waals surface area contributed by atoms with Crippen molar-refractivity contribution >= 4 is 11.7 Å². The first-order valence-corrected chi connectivity index (χ1v) is 6.30. The second kappa shape index (κ2) is 6.42. The van der Waals surface area contributed by atoms with Gasteiger partial charge in [0.05, 0.1) is 6.20 Å². The SMILES string of the molecule is CC(C)CCC(=O)Nc1ccnn1CC(C)C. The minimum absolute atomic E-state index is 0.0733. The Hall–Kier alpha value is -1.32. The van der Waals surface area contributed by atoms with Gasteiger partial charge in [0.1, 0.15) is 5.82 Å². The van der Waals surface area contributed by atoms with Gasteiger partial charge in [-0.3, -0.25) is 4.79 Å². The maximum absolute atomic E-state index is 11.7. The molecule has 1 aromatic heterocycles. The highest BCUT2D eigenvalue weighted by atomic mass is 16.1. The highest BCUT2D eigenvalue weighted by molar-refractivity contribution is 5.89. The molecule has 17 heavy (non-hydrogen) atoms. The molecule has 4 heteroatoms. The molecule has 1 rings (SSSR count). The van der Waals surface area contributed by atoms with E-state index in [0.29, 0.717) is 18.3 Å². The van der Waals surface area contributed by atoms with E-state index in [-0.39, 0.29) is 5.91 Å². The van der Waals surface area contributed by atoms with Gasteiger partial charge in [0.15, 0.2) is 0 Å². The fourth-order valence-corrected chi connectivity index (χ4v) is 1.56. The summed E-state index contributed by atoms with van der Waals surface area (Å²) >= 11 is 0. The molecule has 0 aromatic carbocycles. The Kier molecular flexibility index (Phi) is 5.19. The largest absolute Gasteiger partial charge is 0.311 e. The summed E-state index contributed by atoms with van der Waals surface area (Å²) in [5, 5.41) is 7.12. The molecule has 0 radical (unpaired) electrons. The first-order valence-electron chi connectivity index (χ1n) is 6.30. The van der Waals surface area contributed by atoms with Crippen LogP contribution in [0.4, 0.5) is 5.82 Å². The van der Waals surface area contributed by atoms with E-state index in [1.807, 2.05) is 10.7 Å². The van der Waals surface area contributed by atoms with Crippen LogP contribution in [0.2, 0.25) is 0 Å². The molecule has 4 nitrogen and oxygen atoms in total. The van der Waals surface area contributed by atoms with Crippen LogP contribution in [0.1, 0.15) is 40.5 Å². The Morgan fingerprint density at radius 3 is 2.65 bits per heavy atom. The van der Waals surface area contributed by atoms with Gasteiger partial charge in [0, 0.05) is 19.0 Å². The summed E-state index contributed by atoms with van der Waals surface area (Å²) in [5.41, 5.74) is 0. The van der Waals surface area contributed by atoms with Crippen LogP contribution in [0.15, 0.2) is 12.3 Å². The quantitative estimate of drug-likeness (QED) is 0.827. The monoisotopic (exact) mass is 237 g/mol. The molecule has 96 valence electrons. The van der Waals surface area contributed by atoms with Crippen molar-refractivity contribution in [1.29, 1.82) is 0 Å². The number of hydrogen-bond donors (Lipinski definition) is 1. The molecule has 1 aromatic rings. The Balaban J connectivity index is 2.50. The predicted octanol–water partition coefficient (Wildman–Crippen LogP) is 2.91. The molecular weight excluding hydrogens is 214 g/mol. The van der Waals surface area contributed by atoms with E-state index in [0.717, 1.165) is 18.8 Å². The molecule has 0 aliphatic carbocycles.